The predicted octanol–water partition coefficient (Wildman–Crippen LogP) is -0.606. The second-order valence-corrected chi connectivity index (χ2v) is 28.3. The molecule has 9 aliphatic rings. The van der Waals surface area contributed by atoms with Crippen LogP contribution in [0.25, 0.3) is 0 Å². The molecule has 4 aliphatic heterocycles. The molecular formula is C61H94O28. The fourth-order valence-electron chi connectivity index (χ4n) is 17.6. The molecule has 4 heterocycles. The number of aliphatic carboxylic acids is 1. The molecule has 0 amide bonds. The number of aliphatic hydroxyl groups is 10. The molecule has 0 spiro atoms. The lowest BCUT2D eigenvalue weighted by Crippen LogP contribution is -2.69. The second kappa shape index (κ2) is 25.9. The van der Waals surface area contributed by atoms with Gasteiger partial charge in [0.25, 0.3) is 0 Å². The molecule has 0 aromatic heterocycles. The van der Waals surface area contributed by atoms with Gasteiger partial charge in [-0.2, -0.15) is 0 Å². The van der Waals surface area contributed by atoms with Crippen LogP contribution in [0, 0.1) is 50.2 Å². The molecule has 4 saturated heterocycles. The summed E-state index contributed by atoms with van der Waals surface area (Å²) in [6.45, 7) is 17.0. The predicted molar refractivity (Wildman–Crippen MR) is 298 cm³/mol. The van der Waals surface area contributed by atoms with Gasteiger partial charge in [-0.3, -0.25) is 19.2 Å². The van der Waals surface area contributed by atoms with Crippen molar-refractivity contribution < 1.29 is 137 Å². The zero-order valence-electron chi connectivity index (χ0n) is 52.4. The summed E-state index contributed by atoms with van der Waals surface area (Å²) in [5.74, 6) is -5.30. The minimum absolute atomic E-state index is 0.0472. The number of ether oxygens (including phenoxy) is 12. The van der Waals surface area contributed by atoms with Crippen LogP contribution in [0.15, 0.2) is 11.6 Å². The number of allylic oxidation sites excluding steroid dienone is 2. The van der Waals surface area contributed by atoms with Crippen molar-refractivity contribution in [2.24, 2.45) is 50.2 Å². The minimum Gasteiger partial charge on any atom is -0.479 e. The van der Waals surface area contributed by atoms with Crippen molar-refractivity contribution in [1.82, 2.24) is 0 Å². The van der Waals surface area contributed by atoms with Crippen LogP contribution in [0.1, 0.15) is 128 Å². The molecule has 8 fully saturated rings. The SMILES string of the molecule is CC(=O)OC[C@H]1OC(OC2C(O)COC(O[C@@H]3[C@H](O)C(C)(C)CC4C5=CCC6[C@@]7(C)CC[C@H](OC8O[C@H](C(=O)O)C(O)C(O)[C@H]8O[C@@H]8O[C@H](CO)C(O)C(O)[C@H]8O)[C@](C)(CO)C7CC[C@@]6(C)[C@]5(C)CC[C@]43C)[C@@H]2O)[C@H](OC(C)=O)[C@@H](OC(C)=O)[C@@H]1OC(C)=O. The number of carbonyl (C=O) groups excluding carboxylic acids is 4. The van der Waals surface area contributed by atoms with E-state index in [4.69, 9.17) is 56.8 Å². The smallest absolute Gasteiger partial charge is 0.335 e. The number of hydrogen-bond acceptors (Lipinski definition) is 27. The molecule has 12 unspecified atom stereocenters. The van der Waals surface area contributed by atoms with E-state index in [2.05, 4.69) is 33.8 Å². The van der Waals surface area contributed by atoms with Crippen LogP contribution < -0.4 is 0 Å². The van der Waals surface area contributed by atoms with Gasteiger partial charge in [0.1, 0.15) is 73.8 Å². The molecule has 0 bridgehead atoms. The van der Waals surface area contributed by atoms with Gasteiger partial charge in [-0.05, 0) is 90.8 Å². The molecule has 30 atom stereocenters. The Morgan fingerprint density at radius 2 is 1.19 bits per heavy atom. The highest BCUT2D eigenvalue weighted by atomic mass is 16.8. The topological polar surface area (TPSA) is 419 Å². The lowest BCUT2D eigenvalue weighted by molar-refractivity contribution is -0.375. The minimum atomic E-state index is -2.06. The van der Waals surface area contributed by atoms with Crippen LogP contribution in [-0.2, 0) is 80.8 Å². The van der Waals surface area contributed by atoms with Crippen molar-refractivity contribution in [3.05, 3.63) is 11.6 Å². The van der Waals surface area contributed by atoms with E-state index in [0.29, 0.717) is 51.4 Å². The molecule has 89 heavy (non-hydrogen) atoms. The molecule has 0 aromatic rings. The second-order valence-electron chi connectivity index (χ2n) is 28.3. The third-order valence-electron chi connectivity index (χ3n) is 22.6. The summed E-state index contributed by atoms with van der Waals surface area (Å²) in [5.41, 5.74) is -2.55. The van der Waals surface area contributed by atoms with E-state index in [-0.39, 0.29) is 29.8 Å². The summed E-state index contributed by atoms with van der Waals surface area (Å²) < 4.78 is 71.3. The summed E-state index contributed by atoms with van der Waals surface area (Å²) >= 11 is 0. The molecule has 0 aromatic carbocycles. The van der Waals surface area contributed by atoms with Crippen molar-refractivity contribution in [2.45, 2.75) is 263 Å². The van der Waals surface area contributed by atoms with E-state index in [0.717, 1.165) is 27.7 Å². The molecule has 28 heteroatoms. The van der Waals surface area contributed by atoms with Gasteiger partial charge in [-0.25, -0.2) is 4.79 Å². The largest absolute Gasteiger partial charge is 0.479 e. The van der Waals surface area contributed by atoms with E-state index in [1.807, 2.05) is 20.8 Å². The molecule has 506 valence electrons. The molecular weight excluding hydrogens is 1180 g/mol. The summed E-state index contributed by atoms with van der Waals surface area (Å²) in [6.07, 6.45) is -28.7. The summed E-state index contributed by atoms with van der Waals surface area (Å²) in [5, 5.41) is 122. The highest BCUT2D eigenvalue weighted by Gasteiger charge is 2.71. The highest BCUT2D eigenvalue weighted by Crippen LogP contribution is 2.76. The first-order chi connectivity index (χ1) is 41.5. The summed E-state index contributed by atoms with van der Waals surface area (Å²) in [7, 11) is 0. The summed E-state index contributed by atoms with van der Waals surface area (Å²) in [4.78, 5) is 62.0. The van der Waals surface area contributed by atoms with Gasteiger partial charge in [-0.1, -0.05) is 60.1 Å². The van der Waals surface area contributed by atoms with Crippen molar-refractivity contribution in [2.75, 3.05) is 26.4 Å². The van der Waals surface area contributed by atoms with Crippen molar-refractivity contribution >= 4 is 29.8 Å². The molecule has 0 radical (unpaired) electrons. The first kappa shape index (κ1) is 69.7. The van der Waals surface area contributed by atoms with E-state index in [9.17, 15) is 80.1 Å². The maximum Gasteiger partial charge on any atom is 0.335 e. The van der Waals surface area contributed by atoms with E-state index in [1.165, 1.54) is 5.57 Å². The van der Waals surface area contributed by atoms with Crippen LogP contribution in [0.3, 0.4) is 0 Å². The number of carbonyl (C=O) groups is 5. The Morgan fingerprint density at radius 1 is 0.573 bits per heavy atom. The van der Waals surface area contributed by atoms with Crippen LogP contribution in [0.2, 0.25) is 0 Å². The maximum absolute atomic E-state index is 12.6. The van der Waals surface area contributed by atoms with E-state index in [1.54, 1.807) is 0 Å². The average Bonchev–Trinajstić information content (AvgIpc) is 0.677. The molecule has 9 rings (SSSR count). The number of aliphatic hydroxyl groups excluding tert-OH is 10. The Labute approximate surface area is 516 Å². The Bertz CT molecular complexity index is 2620. The average molecular weight is 1280 g/mol. The molecule has 28 nitrogen and oxygen atoms in total. The normalized spacial score (nSPS) is 49.4. The zero-order chi connectivity index (χ0) is 65.6. The number of hydrogen-bond donors (Lipinski definition) is 11. The number of rotatable bonds is 16. The third kappa shape index (κ3) is 12.3. The number of carboxylic acid groups (broad SMARTS) is 1. The Hall–Kier alpha value is -3.63. The molecule has 11 N–H and O–H groups in total. The highest BCUT2D eigenvalue weighted by molar-refractivity contribution is 5.73. The number of esters is 4. The van der Waals surface area contributed by atoms with Crippen LogP contribution in [0.5, 0.6) is 0 Å². The van der Waals surface area contributed by atoms with E-state index < -0.39 is 212 Å². The fraction of sp³-hybridized carbons (Fsp3) is 0.885. The van der Waals surface area contributed by atoms with E-state index >= 15 is 0 Å². The van der Waals surface area contributed by atoms with Crippen molar-refractivity contribution in [3.63, 3.8) is 0 Å². The van der Waals surface area contributed by atoms with Gasteiger partial charge >= 0.3 is 29.8 Å². The monoisotopic (exact) mass is 1270 g/mol. The first-order valence-electron chi connectivity index (χ1n) is 31.0. The molecule has 4 saturated carbocycles. The van der Waals surface area contributed by atoms with Gasteiger partial charge in [-0.15, -0.1) is 0 Å². The van der Waals surface area contributed by atoms with Gasteiger partial charge in [0.2, 0.25) is 0 Å². The third-order valence-corrected chi connectivity index (χ3v) is 22.6. The van der Waals surface area contributed by atoms with Crippen molar-refractivity contribution in [1.29, 1.82) is 0 Å². The number of fused-ring (bicyclic) bond motifs is 7. The Morgan fingerprint density at radius 3 is 1.81 bits per heavy atom. The zero-order valence-corrected chi connectivity index (χ0v) is 52.4. The van der Waals surface area contributed by atoms with Crippen LogP contribution in [-0.4, -0.2) is 247 Å². The quantitative estimate of drug-likeness (QED) is 0.0398. The molecule has 5 aliphatic carbocycles. The maximum atomic E-state index is 12.6. The number of carboxylic acids is 1. The van der Waals surface area contributed by atoms with Crippen LogP contribution >= 0.6 is 0 Å². The van der Waals surface area contributed by atoms with Crippen molar-refractivity contribution in [3.8, 4) is 0 Å². The van der Waals surface area contributed by atoms with Gasteiger partial charge in [0, 0.05) is 38.5 Å². The Balaban J connectivity index is 0.960. The lowest BCUT2D eigenvalue weighted by atomic mass is 9.33. The van der Waals surface area contributed by atoms with Crippen LogP contribution in [0.4, 0.5) is 0 Å². The summed E-state index contributed by atoms with van der Waals surface area (Å²) in [6, 6.07) is 0. The standard InChI is InChI=1S/C61H94O28/c1-25(64)78-23-33-44(80-26(2)65)47(81-27(3)66)48(82-28(4)67)55(84-33)86-43-31(68)22-79-52(42(43)74)89-50-49(75)56(5,6)20-30-29-12-13-35-58(8)16-15-36(59(9,24-63)34(58)14-17-61(35,11)60(29,10)19-18-57(30,50)7)85-54-46(40(72)39(71)45(87-54)51(76)77)88-53-41(73)38(70)37(69)32(21-62)83-53/h12,30-50,52-55,62-63,68-75H,13-24H2,1-11H3,(H,76,77)/t30?,31?,32-,33-,34?,35?,36+,37?,38?,39?,40?,41-,42-,43?,44-,45+,46-,47+,48-,49+,50-,52?,53+,54?,55?,57-,58+,59-,60-,61-/m1/s1. The Kier molecular flexibility index (Phi) is 20.3. The fourth-order valence-corrected chi connectivity index (χ4v) is 17.6. The van der Waals surface area contributed by atoms with Gasteiger partial charge < -0.3 is 113 Å². The first-order valence-corrected chi connectivity index (χ1v) is 31.0. The van der Waals surface area contributed by atoms with Gasteiger partial charge in [0.15, 0.2) is 49.6 Å². The van der Waals surface area contributed by atoms with Gasteiger partial charge in [0.05, 0.1) is 38.1 Å². The lowest BCUT2D eigenvalue weighted by Gasteiger charge is -2.72.